The average Bonchev–Trinajstić information content (AvgIpc) is 2.27. The number of hydrogen-bond donors (Lipinski definition) is 0. The molecule has 0 N–H and O–H groups in total. The van der Waals surface area contributed by atoms with E-state index >= 15 is 0 Å². The smallest absolute Gasteiger partial charge is 0.384 e. The molecule has 84 valence electrons. The SMILES string of the molecule is CCOC(=O)C#Cc1cccc(F)c1OC. The van der Waals surface area contributed by atoms with Crippen molar-refractivity contribution in [1.82, 2.24) is 0 Å². The predicted molar refractivity (Wildman–Crippen MR) is 56.5 cm³/mol. The Labute approximate surface area is 93.2 Å². The number of rotatable bonds is 2. The Morgan fingerprint density at radius 2 is 2.25 bits per heavy atom. The van der Waals surface area contributed by atoms with Gasteiger partial charge in [-0.3, -0.25) is 0 Å². The van der Waals surface area contributed by atoms with E-state index in [1.165, 1.54) is 19.2 Å². The second-order valence-electron chi connectivity index (χ2n) is 2.79. The summed E-state index contributed by atoms with van der Waals surface area (Å²) in [5.41, 5.74) is 0.315. The molecule has 0 spiro atoms. The molecular weight excluding hydrogens is 211 g/mol. The molecule has 3 nitrogen and oxygen atoms in total. The van der Waals surface area contributed by atoms with Gasteiger partial charge in [0.2, 0.25) is 0 Å². The summed E-state index contributed by atoms with van der Waals surface area (Å²) in [7, 11) is 1.34. The van der Waals surface area contributed by atoms with Gasteiger partial charge in [-0.05, 0) is 19.1 Å². The second-order valence-corrected chi connectivity index (χ2v) is 2.79. The van der Waals surface area contributed by atoms with Crippen molar-refractivity contribution in [3.8, 4) is 17.6 Å². The lowest BCUT2D eigenvalue weighted by Crippen LogP contribution is -2.00. The molecule has 0 amide bonds. The number of carbonyl (C=O) groups is 1. The summed E-state index contributed by atoms with van der Waals surface area (Å²) in [5, 5.41) is 0. The monoisotopic (exact) mass is 222 g/mol. The van der Waals surface area contributed by atoms with E-state index in [4.69, 9.17) is 4.74 Å². The van der Waals surface area contributed by atoms with E-state index in [1.807, 2.05) is 0 Å². The zero-order chi connectivity index (χ0) is 12.0. The summed E-state index contributed by atoms with van der Waals surface area (Å²) in [6.07, 6.45) is 0. The lowest BCUT2D eigenvalue weighted by Gasteiger charge is -2.03. The van der Waals surface area contributed by atoms with Gasteiger partial charge in [-0.15, -0.1) is 0 Å². The highest BCUT2D eigenvalue weighted by Crippen LogP contribution is 2.20. The lowest BCUT2D eigenvalue weighted by atomic mass is 10.2. The second kappa shape index (κ2) is 5.76. The van der Waals surface area contributed by atoms with Crippen LogP contribution in [0.4, 0.5) is 4.39 Å². The van der Waals surface area contributed by atoms with Gasteiger partial charge in [-0.1, -0.05) is 12.0 Å². The highest BCUT2D eigenvalue weighted by Gasteiger charge is 2.06. The molecule has 4 heteroatoms. The fourth-order valence-corrected chi connectivity index (χ4v) is 1.10. The van der Waals surface area contributed by atoms with Crippen LogP contribution in [-0.4, -0.2) is 19.7 Å². The third kappa shape index (κ3) is 2.99. The molecule has 0 aromatic heterocycles. The first-order valence-electron chi connectivity index (χ1n) is 4.70. The molecule has 0 aliphatic carbocycles. The maximum absolute atomic E-state index is 13.2. The van der Waals surface area contributed by atoms with E-state index in [1.54, 1.807) is 13.0 Å². The van der Waals surface area contributed by atoms with Gasteiger partial charge in [0.05, 0.1) is 19.3 Å². The topological polar surface area (TPSA) is 35.5 Å². The molecule has 0 fully saturated rings. The summed E-state index contributed by atoms with van der Waals surface area (Å²) in [5.74, 6) is 3.61. The molecule has 1 aromatic rings. The Morgan fingerprint density at radius 1 is 1.50 bits per heavy atom. The van der Waals surface area contributed by atoms with Crippen LogP contribution in [0.3, 0.4) is 0 Å². The molecule has 0 aliphatic rings. The minimum Gasteiger partial charge on any atom is -0.492 e. The fourth-order valence-electron chi connectivity index (χ4n) is 1.10. The van der Waals surface area contributed by atoms with Gasteiger partial charge in [0, 0.05) is 5.92 Å². The largest absolute Gasteiger partial charge is 0.492 e. The van der Waals surface area contributed by atoms with Crippen molar-refractivity contribution in [2.75, 3.05) is 13.7 Å². The quantitative estimate of drug-likeness (QED) is 0.565. The Kier molecular flexibility index (Phi) is 4.34. The highest BCUT2D eigenvalue weighted by molar-refractivity contribution is 5.89. The molecule has 0 heterocycles. The molecule has 0 aliphatic heterocycles. The van der Waals surface area contributed by atoms with E-state index in [0.29, 0.717) is 5.56 Å². The van der Waals surface area contributed by atoms with E-state index in [0.717, 1.165) is 0 Å². The molecule has 0 atom stereocenters. The van der Waals surface area contributed by atoms with Crippen LogP contribution in [0.2, 0.25) is 0 Å². The van der Waals surface area contributed by atoms with Gasteiger partial charge in [0.15, 0.2) is 11.6 Å². The Hall–Kier alpha value is -2.02. The average molecular weight is 222 g/mol. The van der Waals surface area contributed by atoms with E-state index in [9.17, 15) is 9.18 Å². The van der Waals surface area contributed by atoms with Crippen molar-refractivity contribution >= 4 is 5.97 Å². The standard InChI is InChI=1S/C12H11FO3/c1-3-16-11(14)8-7-9-5-4-6-10(13)12(9)15-2/h4-6H,3H2,1-2H3. The van der Waals surface area contributed by atoms with Gasteiger partial charge >= 0.3 is 5.97 Å². The van der Waals surface area contributed by atoms with Crippen LogP contribution in [0.15, 0.2) is 18.2 Å². The van der Waals surface area contributed by atoms with Gasteiger partial charge in [-0.2, -0.15) is 0 Å². The Morgan fingerprint density at radius 3 is 2.88 bits per heavy atom. The van der Waals surface area contributed by atoms with Crippen LogP contribution in [0.25, 0.3) is 0 Å². The van der Waals surface area contributed by atoms with Gasteiger partial charge < -0.3 is 9.47 Å². The van der Waals surface area contributed by atoms with Gasteiger partial charge in [-0.25, -0.2) is 9.18 Å². The molecule has 0 saturated carbocycles. The predicted octanol–water partition coefficient (Wildman–Crippen LogP) is 1.75. The van der Waals surface area contributed by atoms with E-state index in [-0.39, 0.29) is 12.4 Å². The van der Waals surface area contributed by atoms with E-state index < -0.39 is 11.8 Å². The number of ether oxygens (including phenoxy) is 2. The molecule has 0 unspecified atom stereocenters. The van der Waals surface area contributed by atoms with Crippen molar-refractivity contribution in [2.24, 2.45) is 0 Å². The number of methoxy groups -OCH3 is 1. The van der Waals surface area contributed by atoms with Crippen molar-refractivity contribution in [3.05, 3.63) is 29.6 Å². The minimum absolute atomic E-state index is 0.0271. The van der Waals surface area contributed by atoms with Crippen LogP contribution in [-0.2, 0) is 9.53 Å². The third-order valence-corrected chi connectivity index (χ3v) is 1.75. The van der Waals surface area contributed by atoms with Gasteiger partial charge in [0.25, 0.3) is 0 Å². The minimum atomic E-state index is -0.645. The van der Waals surface area contributed by atoms with E-state index in [2.05, 4.69) is 16.6 Å². The number of para-hydroxylation sites is 1. The number of hydrogen-bond acceptors (Lipinski definition) is 3. The first kappa shape index (κ1) is 12.1. The summed E-state index contributed by atoms with van der Waals surface area (Å²) < 4.78 is 22.7. The number of halogens is 1. The summed E-state index contributed by atoms with van der Waals surface area (Å²) in [6.45, 7) is 1.94. The lowest BCUT2D eigenvalue weighted by molar-refractivity contribution is -0.136. The zero-order valence-electron chi connectivity index (χ0n) is 9.04. The summed E-state index contributed by atoms with van der Waals surface area (Å²) in [4.78, 5) is 11.0. The summed E-state index contributed by atoms with van der Waals surface area (Å²) >= 11 is 0. The Bertz CT molecular complexity index is 443. The van der Waals surface area contributed by atoms with Crippen molar-refractivity contribution in [1.29, 1.82) is 0 Å². The van der Waals surface area contributed by atoms with Crippen LogP contribution < -0.4 is 4.74 Å². The molecule has 1 aromatic carbocycles. The first-order valence-corrected chi connectivity index (χ1v) is 4.70. The normalized spacial score (nSPS) is 8.94. The maximum Gasteiger partial charge on any atom is 0.384 e. The maximum atomic E-state index is 13.2. The molecule has 1 rings (SSSR count). The van der Waals surface area contributed by atoms with Crippen molar-refractivity contribution < 1.29 is 18.7 Å². The number of esters is 1. The summed E-state index contributed by atoms with van der Waals surface area (Å²) in [6, 6.07) is 4.32. The zero-order valence-corrected chi connectivity index (χ0v) is 9.04. The molecule has 0 saturated heterocycles. The Balaban J connectivity index is 2.96. The first-order chi connectivity index (χ1) is 7.69. The van der Waals surface area contributed by atoms with Crippen LogP contribution in [0, 0.1) is 17.7 Å². The fraction of sp³-hybridized carbons (Fsp3) is 0.250. The molecular formula is C12H11FO3. The van der Waals surface area contributed by atoms with Crippen LogP contribution in [0.1, 0.15) is 12.5 Å². The van der Waals surface area contributed by atoms with Gasteiger partial charge in [0.1, 0.15) is 0 Å². The van der Waals surface area contributed by atoms with Crippen LogP contribution >= 0.6 is 0 Å². The molecule has 16 heavy (non-hydrogen) atoms. The molecule has 0 radical (unpaired) electrons. The number of carbonyl (C=O) groups excluding carboxylic acids is 1. The molecule has 0 bridgehead atoms. The third-order valence-electron chi connectivity index (χ3n) is 1.75. The van der Waals surface area contributed by atoms with Crippen LogP contribution in [0.5, 0.6) is 5.75 Å². The highest BCUT2D eigenvalue weighted by atomic mass is 19.1. The van der Waals surface area contributed by atoms with Crippen molar-refractivity contribution in [3.63, 3.8) is 0 Å². The van der Waals surface area contributed by atoms with Crippen molar-refractivity contribution in [2.45, 2.75) is 6.92 Å². The number of benzene rings is 1.